The highest BCUT2D eigenvalue weighted by Gasteiger charge is 2.30. The molecule has 1 aliphatic carbocycles. The molecule has 1 saturated carbocycles. The molecule has 182 valence electrons. The van der Waals surface area contributed by atoms with Crippen LogP contribution in [0.25, 0.3) is 22.0 Å². The molecule has 2 aromatic carbocycles. The Kier molecular flexibility index (Phi) is 6.07. The number of nitrogens with one attached hydrogen (secondary N) is 4. The number of fused-ring (bicyclic) bond motifs is 1. The second-order valence-electron chi connectivity index (χ2n) is 8.88. The lowest BCUT2D eigenvalue weighted by atomic mass is 10.0. The van der Waals surface area contributed by atoms with Gasteiger partial charge in [-0.1, -0.05) is 18.2 Å². The van der Waals surface area contributed by atoms with Crippen LogP contribution in [0.2, 0.25) is 0 Å². The average molecular weight is 484 g/mol. The van der Waals surface area contributed by atoms with Gasteiger partial charge in [-0.15, -0.1) is 0 Å². The molecule has 10 nitrogen and oxygen atoms in total. The molecule has 0 atom stereocenters. The number of carbonyl (C=O) groups excluding carboxylic acids is 3. The second-order valence-corrected chi connectivity index (χ2v) is 8.88. The third-order valence-electron chi connectivity index (χ3n) is 5.89. The fourth-order valence-electron chi connectivity index (χ4n) is 3.73. The maximum Gasteiger partial charge on any atom is 0.321 e. The zero-order valence-electron chi connectivity index (χ0n) is 19.8. The van der Waals surface area contributed by atoms with Crippen molar-refractivity contribution in [1.82, 2.24) is 20.1 Å². The SMILES string of the molecule is CN(C)C(=O)Nc1cncc(-c2ccc3[nH]nc(C(=O)Nc4ccccc4NC(=O)C4CC4)c3c2)c1. The summed E-state index contributed by atoms with van der Waals surface area (Å²) in [6, 6.07) is 14.2. The number of H-pyrrole nitrogens is 1. The van der Waals surface area contributed by atoms with Crippen molar-refractivity contribution in [3.63, 3.8) is 0 Å². The Morgan fingerprint density at radius 3 is 2.39 bits per heavy atom. The lowest BCUT2D eigenvalue weighted by molar-refractivity contribution is -0.117. The first-order valence-electron chi connectivity index (χ1n) is 11.5. The quantitative estimate of drug-likeness (QED) is 0.324. The summed E-state index contributed by atoms with van der Waals surface area (Å²) in [4.78, 5) is 43.1. The second kappa shape index (κ2) is 9.49. The number of aromatic amines is 1. The van der Waals surface area contributed by atoms with E-state index in [1.165, 1.54) is 4.90 Å². The summed E-state index contributed by atoms with van der Waals surface area (Å²) in [5.74, 6) is -0.396. The van der Waals surface area contributed by atoms with Gasteiger partial charge in [-0.2, -0.15) is 5.10 Å². The minimum absolute atomic E-state index is 0.0378. The Balaban J connectivity index is 1.40. The molecule has 4 N–H and O–H groups in total. The number of aromatic nitrogens is 3. The first kappa shape index (κ1) is 23.0. The number of benzene rings is 2. The molecule has 2 heterocycles. The third-order valence-corrected chi connectivity index (χ3v) is 5.89. The Bertz CT molecular complexity index is 1470. The van der Waals surface area contributed by atoms with E-state index in [-0.39, 0.29) is 23.6 Å². The Labute approximate surface area is 207 Å². The number of carbonyl (C=O) groups is 3. The Morgan fingerprint density at radius 2 is 1.67 bits per heavy atom. The summed E-state index contributed by atoms with van der Waals surface area (Å²) in [6.07, 6.45) is 5.04. The number of hydrogen-bond acceptors (Lipinski definition) is 5. The van der Waals surface area contributed by atoms with Crippen molar-refractivity contribution in [1.29, 1.82) is 0 Å². The topological polar surface area (TPSA) is 132 Å². The van der Waals surface area contributed by atoms with Crippen molar-refractivity contribution >= 4 is 45.8 Å². The predicted molar refractivity (Wildman–Crippen MR) is 138 cm³/mol. The van der Waals surface area contributed by atoms with E-state index in [9.17, 15) is 14.4 Å². The van der Waals surface area contributed by atoms with Crippen LogP contribution in [-0.2, 0) is 4.79 Å². The molecule has 2 aromatic heterocycles. The van der Waals surface area contributed by atoms with Crippen molar-refractivity contribution in [2.75, 3.05) is 30.0 Å². The van der Waals surface area contributed by atoms with Crippen LogP contribution in [-0.4, -0.2) is 52.0 Å². The molecule has 0 saturated heterocycles. The van der Waals surface area contributed by atoms with Gasteiger partial charge < -0.3 is 20.9 Å². The number of pyridine rings is 1. The monoisotopic (exact) mass is 483 g/mol. The van der Waals surface area contributed by atoms with Gasteiger partial charge in [0.15, 0.2) is 5.69 Å². The molecule has 5 rings (SSSR count). The predicted octanol–water partition coefficient (Wildman–Crippen LogP) is 4.32. The number of hydrogen-bond donors (Lipinski definition) is 4. The van der Waals surface area contributed by atoms with E-state index in [0.29, 0.717) is 28.0 Å². The largest absolute Gasteiger partial charge is 0.331 e. The molecule has 4 aromatic rings. The van der Waals surface area contributed by atoms with E-state index in [2.05, 4.69) is 31.1 Å². The van der Waals surface area contributed by atoms with Crippen LogP contribution in [0, 0.1) is 5.92 Å². The van der Waals surface area contributed by atoms with Crippen LogP contribution in [0.1, 0.15) is 23.3 Å². The summed E-state index contributed by atoms with van der Waals surface area (Å²) in [7, 11) is 3.32. The van der Waals surface area contributed by atoms with E-state index in [1.807, 2.05) is 24.3 Å². The number of para-hydroxylation sites is 2. The molecule has 1 aliphatic rings. The molecular formula is C26H25N7O3. The Hall–Kier alpha value is -4.73. The van der Waals surface area contributed by atoms with Gasteiger partial charge in [0.05, 0.1) is 28.8 Å². The van der Waals surface area contributed by atoms with Crippen LogP contribution in [0.15, 0.2) is 60.9 Å². The van der Waals surface area contributed by atoms with Gasteiger partial charge >= 0.3 is 6.03 Å². The molecule has 4 amide bonds. The van der Waals surface area contributed by atoms with Gasteiger partial charge in [-0.05, 0) is 48.7 Å². The molecule has 10 heteroatoms. The van der Waals surface area contributed by atoms with Crippen LogP contribution in [0.3, 0.4) is 0 Å². The standard InChI is InChI=1S/C26H25N7O3/c1-33(2)26(36)28-18-11-17(13-27-14-18)16-9-10-20-19(12-16)23(32-31-20)25(35)30-22-6-4-3-5-21(22)29-24(34)15-7-8-15/h3-6,9-15H,7-8H2,1-2H3,(H,28,36)(H,29,34)(H,30,35)(H,31,32). The van der Waals surface area contributed by atoms with Crippen molar-refractivity contribution in [3.8, 4) is 11.1 Å². The molecule has 0 radical (unpaired) electrons. The molecule has 0 aliphatic heterocycles. The van der Waals surface area contributed by atoms with E-state index in [0.717, 1.165) is 24.0 Å². The van der Waals surface area contributed by atoms with Crippen LogP contribution >= 0.6 is 0 Å². The summed E-state index contributed by atoms with van der Waals surface area (Å²) in [5.41, 5.74) is 4.10. The zero-order chi connectivity index (χ0) is 25.2. The lowest BCUT2D eigenvalue weighted by Gasteiger charge is -2.12. The van der Waals surface area contributed by atoms with Crippen molar-refractivity contribution in [2.24, 2.45) is 5.92 Å². The van der Waals surface area contributed by atoms with Gasteiger partial charge in [0.1, 0.15) is 0 Å². The van der Waals surface area contributed by atoms with Gasteiger partial charge in [0, 0.05) is 37.2 Å². The number of amides is 4. The Morgan fingerprint density at radius 1 is 0.917 bits per heavy atom. The maximum absolute atomic E-state index is 13.2. The summed E-state index contributed by atoms with van der Waals surface area (Å²) in [5, 5.41) is 16.3. The molecule has 0 spiro atoms. The van der Waals surface area contributed by atoms with E-state index in [1.54, 1.807) is 50.8 Å². The van der Waals surface area contributed by atoms with Crippen molar-refractivity contribution < 1.29 is 14.4 Å². The summed E-state index contributed by atoms with van der Waals surface area (Å²) in [6.45, 7) is 0. The highest BCUT2D eigenvalue weighted by Crippen LogP contribution is 2.32. The van der Waals surface area contributed by atoms with Crippen LogP contribution in [0.5, 0.6) is 0 Å². The molecular weight excluding hydrogens is 458 g/mol. The van der Waals surface area contributed by atoms with Gasteiger partial charge in [-0.25, -0.2) is 4.79 Å². The van der Waals surface area contributed by atoms with E-state index >= 15 is 0 Å². The normalized spacial score (nSPS) is 12.7. The lowest BCUT2D eigenvalue weighted by Crippen LogP contribution is -2.27. The van der Waals surface area contributed by atoms with Gasteiger partial charge in [0.25, 0.3) is 5.91 Å². The van der Waals surface area contributed by atoms with Crippen LogP contribution in [0.4, 0.5) is 21.9 Å². The first-order valence-corrected chi connectivity index (χ1v) is 11.5. The smallest absolute Gasteiger partial charge is 0.321 e. The first-order chi connectivity index (χ1) is 17.4. The summed E-state index contributed by atoms with van der Waals surface area (Å²) < 4.78 is 0. The highest BCUT2D eigenvalue weighted by atomic mass is 16.2. The number of urea groups is 1. The van der Waals surface area contributed by atoms with Crippen molar-refractivity contribution in [2.45, 2.75) is 12.8 Å². The maximum atomic E-state index is 13.2. The molecule has 0 bridgehead atoms. The fraction of sp³-hybridized carbons (Fsp3) is 0.192. The van der Waals surface area contributed by atoms with Gasteiger partial charge in [-0.3, -0.25) is 19.7 Å². The zero-order valence-corrected chi connectivity index (χ0v) is 19.8. The number of rotatable bonds is 6. The average Bonchev–Trinajstić information content (AvgIpc) is 3.64. The highest BCUT2D eigenvalue weighted by molar-refractivity contribution is 6.13. The molecule has 1 fully saturated rings. The molecule has 0 unspecified atom stereocenters. The van der Waals surface area contributed by atoms with E-state index < -0.39 is 5.91 Å². The minimum atomic E-state index is -0.406. The minimum Gasteiger partial charge on any atom is -0.331 e. The van der Waals surface area contributed by atoms with Gasteiger partial charge in [0.2, 0.25) is 5.91 Å². The van der Waals surface area contributed by atoms with Crippen molar-refractivity contribution in [3.05, 3.63) is 66.6 Å². The van der Waals surface area contributed by atoms with E-state index in [4.69, 9.17) is 0 Å². The fourth-order valence-corrected chi connectivity index (χ4v) is 3.73. The molecule has 36 heavy (non-hydrogen) atoms. The number of nitrogens with zero attached hydrogens (tertiary/aromatic N) is 3. The number of anilines is 3. The summed E-state index contributed by atoms with van der Waals surface area (Å²) >= 11 is 0. The third kappa shape index (κ3) is 4.88. The van der Waals surface area contributed by atoms with Crippen LogP contribution < -0.4 is 16.0 Å².